The number of halogens is 1. The Morgan fingerprint density at radius 3 is 2.86 bits per heavy atom. The highest BCUT2D eigenvalue weighted by molar-refractivity contribution is 5.45. The molecule has 3 rings (SSSR count). The molecule has 1 aromatic carbocycles. The van der Waals surface area contributed by atoms with Crippen LogP contribution in [0.5, 0.6) is 0 Å². The highest BCUT2D eigenvalue weighted by Gasteiger charge is 2.12. The monoisotopic (exact) mass is 283 g/mol. The molecule has 0 aliphatic carbocycles. The van der Waals surface area contributed by atoms with Gasteiger partial charge >= 0.3 is 0 Å². The summed E-state index contributed by atoms with van der Waals surface area (Å²) in [5.41, 5.74) is 10.9. The van der Waals surface area contributed by atoms with Gasteiger partial charge in [0.1, 0.15) is 11.5 Å². The number of pyridine rings is 1. The molecule has 0 aliphatic heterocycles. The van der Waals surface area contributed by atoms with Crippen LogP contribution in [0.1, 0.15) is 22.5 Å². The van der Waals surface area contributed by atoms with Crippen LogP contribution >= 0.6 is 0 Å². The molecule has 0 radical (unpaired) electrons. The van der Waals surface area contributed by atoms with E-state index in [1.54, 1.807) is 6.07 Å². The second kappa shape index (κ2) is 5.66. The van der Waals surface area contributed by atoms with Crippen LogP contribution in [-0.4, -0.2) is 15.9 Å². The maximum atomic E-state index is 13.5. The number of imidazole rings is 1. The van der Waals surface area contributed by atoms with Crippen molar-refractivity contribution in [3.8, 4) is 0 Å². The first-order valence-corrected chi connectivity index (χ1v) is 7.08. The van der Waals surface area contributed by atoms with Crippen molar-refractivity contribution < 1.29 is 4.39 Å². The molecule has 21 heavy (non-hydrogen) atoms. The third-order valence-corrected chi connectivity index (χ3v) is 3.60. The number of aryl methyl sites for hydroxylation is 1. The van der Waals surface area contributed by atoms with E-state index < -0.39 is 0 Å². The number of fused-ring (bicyclic) bond motifs is 1. The summed E-state index contributed by atoms with van der Waals surface area (Å²) < 4.78 is 15.3. The quantitative estimate of drug-likeness (QED) is 0.800. The van der Waals surface area contributed by atoms with E-state index in [2.05, 4.69) is 30.1 Å². The van der Waals surface area contributed by atoms with Crippen LogP contribution in [0, 0.1) is 12.7 Å². The molecule has 0 aliphatic rings. The zero-order chi connectivity index (χ0) is 14.8. The van der Waals surface area contributed by atoms with Gasteiger partial charge in [-0.05, 0) is 31.2 Å². The summed E-state index contributed by atoms with van der Waals surface area (Å²) in [5.74, 6) is -0.264. The van der Waals surface area contributed by atoms with Crippen molar-refractivity contribution in [1.82, 2.24) is 9.38 Å². The molecule has 108 valence electrons. The maximum Gasteiger partial charge on any atom is 0.139 e. The van der Waals surface area contributed by atoms with Gasteiger partial charge in [-0.1, -0.05) is 29.8 Å². The second-order valence-corrected chi connectivity index (χ2v) is 5.29. The third-order valence-electron chi connectivity index (χ3n) is 3.60. The number of hydrogen-bond donors (Lipinski definition) is 1. The molecule has 0 spiro atoms. The van der Waals surface area contributed by atoms with Gasteiger partial charge in [-0.2, -0.15) is 0 Å². The SMILES string of the molecule is Cc1cccc(Cc2nc3ccc(F)cn3c2CCN)c1. The highest BCUT2D eigenvalue weighted by Crippen LogP contribution is 2.18. The van der Waals surface area contributed by atoms with Gasteiger partial charge in [0.2, 0.25) is 0 Å². The van der Waals surface area contributed by atoms with Gasteiger partial charge in [-0.15, -0.1) is 0 Å². The summed E-state index contributed by atoms with van der Waals surface area (Å²) >= 11 is 0. The van der Waals surface area contributed by atoms with Gasteiger partial charge in [0, 0.05) is 24.7 Å². The normalized spacial score (nSPS) is 11.2. The fraction of sp³-hybridized carbons (Fsp3) is 0.235. The molecule has 2 N–H and O–H groups in total. The lowest BCUT2D eigenvalue weighted by Crippen LogP contribution is -2.08. The van der Waals surface area contributed by atoms with E-state index in [1.165, 1.54) is 23.4 Å². The van der Waals surface area contributed by atoms with Crippen LogP contribution in [0.3, 0.4) is 0 Å². The lowest BCUT2D eigenvalue weighted by Gasteiger charge is -2.05. The van der Waals surface area contributed by atoms with Gasteiger partial charge in [0.15, 0.2) is 0 Å². The van der Waals surface area contributed by atoms with Crippen LogP contribution in [0.2, 0.25) is 0 Å². The summed E-state index contributed by atoms with van der Waals surface area (Å²) in [4.78, 5) is 4.64. The van der Waals surface area contributed by atoms with Crippen molar-refractivity contribution in [2.75, 3.05) is 6.54 Å². The van der Waals surface area contributed by atoms with Crippen LogP contribution < -0.4 is 5.73 Å². The summed E-state index contributed by atoms with van der Waals surface area (Å²) in [6.07, 6.45) is 2.90. The Morgan fingerprint density at radius 1 is 1.24 bits per heavy atom. The van der Waals surface area contributed by atoms with Crippen LogP contribution in [0.4, 0.5) is 4.39 Å². The van der Waals surface area contributed by atoms with Crippen LogP contribution in [0.15, 0.2) is 42.6 Å². The van der Waals surface area contributed by atoms with Crippen molar-refractivity contribution >= 4 is 5.65 Å². The maximum absolute atomic E-state index is 13.5. The number of rotatable bonds is 4. The molecule has 3 nitrogen and oxygen atoms in total. The zero-order valence-corrected chi connectivity index (χ0v) is 12.0. The van der Waals surface area contributed by atoms with Crippen molar-refractivity contribution in [2.45, 2.75) is 19.8 Å². The Hall–Kier alpha value is -2.20. The number of nitrogens with two attached hydrogens (primary N) is 1. The Balaban J connectivity index is 2.06. The molecule has 0 amide bonds. The lowest BCUT2D eigenvalue weighted by molar-refractivity contribution is 0.617. The van der Waals surface area contributed by atoms with E-state index in [1.807, 2.05) is 10.5 Å². The highest BCUT2D eigenvalue weighted by atomic mass is 19.1. The van der Waals surface area contributed by atoms with Crippen molar-refractivity contribution in [1.29, 1.82) is 0 Å². The minimum absolute atomic E-state index is 0.264. The molecular weight excluding hydrogens is 265 g/mol. The van der Waals surface area contributed by atoms with Crippen molar-refractivity contribution in [3.63, 3.8) is 0 Å². The van der Waals surface area contributed by atoms with Gasteiger partial charge < -0.3 is 10.1 Å². The van der Waals surface area contributed by atoms with E-state index in [-0.39, 0.29) is 5.82 Å². The molecule has 4 heteroatoms. The van der Waals surface area contributed by atoms with Crippen LogP contribution in [-0.2, 0) is 12.8 Å². The molecule has 0 fully saturated rings. The molecule has 0 saturated carbocycles. The predicted molar refractivity (Wildman–Crippen MR) is 81.9 cm³/mol. The van der Waals surface area contributed by atoms with E-state index in [4.69, 9.17) is 5.73 Å². The topological polar surface area (TPSA) is 43.3 Å². The molecule has 3 aromatic rings. The first kappa shape index (κ1) is 13.8. The lowest BCUT2D eigenvalue weighted by atomic mass is 10.1. The zero-order valence-electron chi connectivity index (χ0n) is 12.0. The fourth-order valence-electron chi connectivity index (χ4n) is 2.67. The summed E-state index contributed by atoms with van der Waals surface area (Å²) in [6.45, 7) is 2.59. The first-order chi connectivity index (χ1) is 10.2. The molecule has 0 bridgehead atoms. The molecule has 0 saturated heterocycles. The van der Waals surface area contributed by atoms with Crippen molar-refractivity contribution in [2.24, 2.45) is 5.73 Å². The molecule has 2 heterocycles. The summed E-state index contributed by atoms with van der Waals surface area (Å²) in [7, 11) is 0. The van der Waals surface area contributed by atoms with E-state index in [0.29, 0.717) is 13.0 Å². The average molecular weight is 283 g/mol. The minimum Gasteiger partial charge on any atom is -0.330 e. The van der Waals surface area contributed by atoms with Gasteiger partial charge in [0.05, 0.1) is 5.69 Å². The molecular formula is C17H18FN3. The Kier molecular flexibility index (Phi) is 3.71. The Bertz CT molecular complexity index is 777. The summed E-state index contributed by atoms with van der Waals surface area (Å²) in [6, 6.07) is 11.5. The van der Waals surface area contributed by atoms with Gasteiger partial charge in [-0.3, -0.25) is 0 Å². The number of benzene rings is 1. The predicted octanol–water partition coefficient (Wildman–Crippen LogP) is 2.87. The standard InChI is InChI=1S/C17H18FN3/c1-12-3-2-4-13(9-12)10-15-16(7-8-19)21-11-14(18)5-6-17(21)20-15/h2-6,9,11H,7-8,10,19H2,1H3. The summed E-state index contributed by atoms with van der Waals surface area (Å²) in [5, 5.41) is 0. The Labute approximate surface area is 123 Å². The van der Waals surface area contributed by atoms with Crippen LogP contribution in [0.25, 0.3) is 5.65 Å². The fourth-order valence-corrected chi connectivity index (χ4v) is 2.67. The third kappa shape index (κ3) is 2.81. The minimum atomic E-state index is -0.264. The smallest absolute Gasteiger partial charge is 0.139 e. The van der Waals surface area contributed by atoms with Gasteiger partial charge in [0.25, 0.3) is 0 Å². The molecule has 0 unspecified atom stereocenters. The van der Waals surface area contributed by atoms with E-state index >= 15 is 0 Å². The number of aromatic nitrogens is 2. The Morgan fingerprint density at radius 2 is 2.10 bits per heavy atom. The van der Waals surface area contributed by atoms with Crippen molar-refractivity contribution in [3.05, 3.63) is 70.9 Å². The second-order valence-electron chi connectivity index (χ2n) is 5.29. The average Bonchev–Trinajstić information content (AvgIpc) is 2.77. The number of hydrogen-bond acceptors (Lipinski definition) is 2. The molecule has 0 atom stereocenters. The van der Waals surface area contributed by atoms with Gasteiger partial charge in [-0.25, -0.2) is 9.37 Å². The first-order valence-electron chi connectivity index (χ1n) is 7.08. The number of nitrogens with zero attached hydrogens (tertiary/aromatic N) is 2. The van der Waals surface area contributed by atoms with E-state index in [9.17, 15) is 4.39 Å². The van der Waals surface area contributed by atoms with E-state index in [0.717, 1.165) is 23.5 Å². The molecule has 2 aromatic heterocycles. The largest absolute Gasteiger partial charge is 0.330 e.